The maximum Gasteiger partial charge on any atom is 0.350 e. The lowest BCUT2D eigenvalue weighted by Crippen LogP contribution is -2.05. The molecular formula is C20H17N3O5S2. The average molecular weight is 444 g/mol. The van der Waals surface area contributed by atoms with Gasteiger partial charge in [0.2, 0.25) is 5.82 Å². The van der Waals surface area contributed by atoms with Crippen molar-refractivity contribution in [1.82, 2.24) is 15.1 Å². The quantitative estimate of drug-likeness (QED) is 0.382. The van der Waals surface area contributed by atoms with E-state index < -0.39 is 5.97 Å². The van der Waals surface area contributed by atoms with E-state index in [0.717, 1.165) is 11.1 Å². The van der Waals surface area contributed by atoms with E-state index in [1.807, 2.05) is 29.0 Å². The van der Waals surface area contributed by atoms with Crippen molar-refractivity contribution in [3.05, 3.63) is 51.4 Å². The van der Waals surface area contributed by atoms with Crippen molar-refractivity contribution < 1.29 is 23.5 Å². The van der Waals surface area contributed by atoms with Crippen LogP contribution in [0.5, 0.6) is 11.5 Å². The van der Waals surface area contributed by atoms with Gasteiger partial charge in [-0.2, -0.15) is 16.3 Å². The van der Waals surface area contributed by atoms with Gasteiger partial charge in [0, 0.05) is 10.9 Å². The van der Waals surface area contributed by atoms with Crippen LogP contribution in [0.25, 0.3) is 22.0 Å². The van der Waals surface area contributed by atoms with Gasteiger partial charge in [0.1, 0.15) is 9.88 Å². The Labute approximate surface area is 180 Å². The molecule has 0 N–H and O–H groups in total. The first kappa shape index (κ1) is 20.0. The fraction of sp³-hybridized carbons (Fsp3) is 0.200. The molecule has 0 aliphatic heterocycles. The minimum atomic E-state index is -0.487. The third-order valence-corrected chi connectivity index (χ3v) is 6.05. The zero-order chi connectivity index (χ0) is 21.1. The summed E-state index contributed by atoms with van der Waals surface area (Å²) in [6.45, 7) is 1.68. The molecule has 3 heterocycles. The Morgan fingerprint density at radius 1 is 1.10 bits per heavy atom. The minimum Gasteiger partial charge on any atom is -0.493 e. The van der Waals surface area contributed by atoms with Gasteiger partial charge in [-0.3, -0.25) is 0 Å². The summed E-state index contributed by atoms with van der Waals surface area (Å²) < 4.78 is 21.2. The van der Waals surface area contributed by atoms with E-state index >= 15 is 0 Å². The largest absolute Gasteiger partial charge is 0.493 e. The number of thiazole rings is 1. The number of thiophene rings is 1. The summed E-state index contributed by atoms with van der Waals surface area (Å²) in [7, 11) is 3.14. The number of esters is 1. The molecule has 4 aromatic rings. The van der Waals surface area contributed by atoms with Crippen LogP contribution in [0.3, 0.4) is 0 Å². The molecule has 154 valence electrons. The summed E-state index contributed by atoms with van der Waals surface area (Å²) in [5, 5.41) is 8.35. The number of carbonyl (C=O) groups excluding carboxylic acids is 1. The third kappa shape index (κ3) is 4.05. The number of methoxy groups -OCH3 is 2. The molecule has 0 spiro atoms. The number of hydrogen-bond donors (Lipinski definition) is 0. The fourth-order valence-corrected chi connectivity index (χ4v) is 4.28. The van der Waals surface area contributed by atoms with Gasteiger partial charge in [0.15, 0.2) is 18.1 Å². The van der Waals surface area contributed by atoms with E-state index in [2.05, 4.69) is 15.1 Å². The van der Waals surface area contributed by atoms with Crippen LogP contribution in [0, 0.1) is 6.92 Å². The molecule has 3 aromatic heterocycles. The van der Waals surface area contributed by atoms with Crippen molar-refractivity contribution in [2.75, 3.05) is 14.2 Å². The topological polar surface area (TPSA) is 96.6 Å². The van der Waals surface area contributed by atoms with Crippen LogP contribution >= 0.6 is 22.7 Å². The Morgan fingerprint density at radius 3 is 2.67 bits per heavy atom. The maximum atomic E-state index is 12.6. The molecule has 0 radical (unpaired) electrons. The van der Waals surface area contributed by atoms with E-state index in [1.165, 1.54) is 22.7 Å². The molecule has 8 nitrogen and oxygen atoms in total. The molecule has 0 unspecified atom stereocenters. The Hall–Kier alpha value is -3.24. The van der Waals surface area contributed by atoms with Crippen LogP contribution in [-0.2, 0) is 11.3 Å². The molecule has 0 bridgehead atoms. The van der Waals surface area contributed by atoms with Crippen molar-refractivity contribution in [3.63, 3.8) is 0 Å². The molecule has 0 aliphatic carbocycles. The monoisotopic (exact) mass is 443 g/mol. The number of hydrogen-bond acceptors (Lipinski definition) is 10. The van der Waals surface area contributed by atoms with Crippen molar-refractivity contribution in [2.45, 2.75) is 13.5 Å². The van der Waals surface area contributed by atoms with E-state index in [1.54, 1.807) is 27.2 Å². The smallest absolute Gasteiger partial charge is 0.350 e. The first-order valence-electron chi connectivity index (χ1n) is 8.81. The number of aromatic nitrogens is 3. The van der Waals surface area contributed by atoms with E-state index in [4.69, 9.17) is 18.7 Å². The van der Waals surface area contributed by atoms with E-state index in [9.17, 15) is 4.79 Å². The molecule has 0 fully saturated rings. The summed E-state index contributed by atoms with van der Waals surface area (Å²) in [4.78, 5) is 21.7. The fourth-order valence-electron chi connectivity index (χ4n) is 2.69. The Bertz CT molecular complexity index is 1170. The number of ether oxygens (including phenoxy) is 3. The highest BCUT2D eigenvalue weighted by Gasteiger charge is 2.20. The molecule has 4 rings (SSSR count). The highest BCUT2D eigenvalue weighted by Crippen LogP contribution is 2.35. The first-order chi connectivity index (χ1) is 14.6. The third-order valence-electron chi connectivity index (χ3n) is 4.18. The summed E-state index contributed by atoms with van der Waals surface area (Å²) in [6.07, 6.45) is 0. The van der Waals surface area contributed by atoms with Gasteiger partial charge < -0.3 is 18.7 Å². The number of benzene rings is 1. The van der Waals surface area contributed by atoms with E-state index in [-0.39, 0.29) is 6.61 Å². The summed E-state index contributed by atoms with van der Waals surface area (Å²) in [5.41, 5.74) is 2.24. The number of aryl methyl sites for hydroxylation is 1. The molecule has 10 heteroatoms. The second kappa shape index (κ2) is 8.64. The molecule has 0 atom stereocenters. The lowest BCUT2D eigenvalue weighted by atomic mass is 10.2. The molecular weight excluding hydrogens is 426 g/mol. The van der Waals surface area contributed by atoms with Gasteiger partial charge in [-0.15, -0.1) is 11.3 Å². The summed E-state index contributed by atoms with van der Waals surface area (Å²) in [6, 6.07) is 7.35. The molecule has 0 amide bonds. The highest BCUT2D eigenvalue weighted by atomic mass is 32.1. The van der Waals surface area contributed by atoms with Gasteiger partial charge >= 0.3 is 5.97 Å². The number of rotatable bonds is 7. The first-order valence-corrected chi connectivity index (χ1v) is 10.6. The average Bonchev–Trinajstić information content (AvgIpc) is 3.51. The summed E-state index contributed by atoms with van der Waals surface area (Å²) in [5.74, 6) is 1.42. The van der Waals surface area contributed by atoms with E-state index in [0.29, 0.717) is 38.8 Å². The lowest BCUT2D eigenvalue weighted by molar-refractivity contribution is 0.0464. The standard InChI is InChI=1S/C20H17N3O5S2/c1-11-17(30-19(21-11)12-4-5-14(25-2)15(8-12)26-3)20(24)27-9-16-22-18(28-23-16)13-6-7-29-10-13/h4-8,10H,9H2,1-3H3. The van der Waals surface area contributed by atoms with Crippen molar-refractivity contribution in [3.8, 4) is 33.5 Å². The number of carbonyl (C=O) groups is 1. The molecule has 1 aromatic carbocycles. The summed E-state index contributed by atoms with van der Waals surface area (Å²) >= 11 is 2.78. The zero-order valence-corrected chi connectivity index (χ0v) is 18.0. The van der Waals surface area contributed by atoms with Gasteiger partial charge in [0.05, 0.1) is 25.5 Å². The van der Waals surface area contributed by atoms with Gasteiger partial charge in [-0.05, 0) is 36.6 Å². The van der Waals surface area contributed by atoms with Crippen molar-refractivity contribution in [2.24, 2.45) is 0 Å². The SMILES string of the molecule is COc1ccc(-c2nc(C)c(C(=O)OCc3noc(-c4ccsc4)n3)s2)cc1OC. The van der Waals surface area contributed by atoms with Crippen LogP contribution < -0.4 is 9.47 Å². The zero-order valence-electron chi connectivity index (χ0n) is 16.4. The Balaban J connectivity index is 1.47. The highest BCUT2D eigenvalue weighted by molar-refractivity contribution is 7.17. The van der Waals surface area contributed by atoms with Crippen LogP contribution in [0.1, 0.15) is 21.2 Å². The van der Waals surface area contributed by atoms with Crippen molar-refractivity contribution >= 4 is 28.6 Å². The van der Waals surface area contributed by atoms with Crippen LogP contribution in [0.4, 0.5) is 0 Å². The minimum absolute atomic E-state index is 0.0878. The normalized spacial score (nSPS) is 10.8. The van der Waals surface area contributed by atoms with Crippen LogP contribution in [0.2, 0.25) is 0 Å². The van der Waals surface area contributed by atoms with Crippen LogP contribution in [0.15, 0.2) is 39.5 Å². The Morgan fingerprint density at radius 2 is 1.93 bits per heavy atom. The van der Waals surface area contributed by atoms with Crippen molar-refractivity contribution in [1.29, 1.82) is 0 Å². The molecule has 0 saturated heterocycles. The molecule has 0 aliphatic rings. The lowest BCUT2D eigenvalue weighted by Gasteiger charge is -2.08. The second-order valence-corrected chi connectivity index (χ2v) is 7.89. The van der Waals surface area contributed by atoms with Crippen LogP contribution in [-0.4, -0.2) is 35.3 Å². The van der Waals surface area contributed by atoms with Gasteiger partial charge in [0.25, 0.3) is 5.89 Å². The Kier molecular flexibility index (Phi) is 5.77. The van der Waals surface area contributed by atoms with Gasteiger partial charge in [-0.25, -0.2) is 9.78 Å². The predicted molar refractivity (Wildman–Crippen MR) is 112 cm³/mol. The molecule has 30 heavy (non-hydrogen) atoms. The predicted octanol–water partition coefficient (Wildman–Crippen LogP) is 4.60. The number of nitrogens with zero attached hydrogens (tertiary/aromatic N) is 3. The maximum absolute atomic E-state index is 12.6. The second-order valence-electron chi connectivity index (χ2n) is 6.11. The molecule has 0 saturated carbocycles. The van der Waals surface area contributed by atoms with Gasteiger partial charge in [-0.1, -0.05) is 5.16 Å².